The Labute approximate surface area is 189 Å². The average molecular weight is 479 g/mol. The summed E-state index contributed by atoms with van der Waals surface area (Å²) in [5, 5.41) is 7.01. The highest BCUT2D eigenvalue weighted by molar-refractivity contribution is 7.89. The number of morpholine rings is 1. The van der Waals surface area contributed by atoms with Gasteiger partial charge < -0.3 is 15.4 Å². The van der Waals surface area contributed by atoms with Crippen molar-refractivity contribution in [2.45, 2.75) is 17.4 Å². The number of benzene rings is 1. The largest absolute Gasteiger partial charge is 0.379 e. The van der Waals surface area contributed by atoms with Gasteiger partial charge in [0.25, 0.3) is 5.91 Å². The first-order chi connectivity index (χ1) is 15.2. The Morgan fingerprint density at radius 2 is 1.97 bits per heavy atom. The molecule has 1 aromatic carbocycles. The zero-order valence-corrected chi connectivity index (χ0v) is 18.9. The van der Waals surface area contributed by atoms with E-state index in [1.54, 1.807) is 24.4 Å². The van der Waals surface area contributed by atoms with Gasteiger partial charge >= 0.3 is 6.03 Å². The number of sulfonamides is 1. The first-order valence-corrected chi connectivity index (χ1v) is 12.2. The van der Waals surface area contributed by atoms with E-state index < -0.39 is 40.0 Å². The molecule has 2 aliphatic heterocycles. The minimum atomic E-state index is -3.73. The molecule has 0 bridgehead atoms. The molecule has 0 radical (unpaired) electrons. The van der Waals surface area contributed by atoms with Crippen molar-refractivity contribution in [3.63, 3.8) is 0 Å². The molecule has 2 N–H and O–H groups in total. The molecule has 4 amide bonds. The fourth-order valence-electron chi connectivity index (χ4n) is 3.59. The summed E-state index contributed by atoms with van der Waals surface area (Å²) in [5.74, 6) is -1.14. The number of rotatable bonds is 6. The van der Waals surface area contributed by atoms with Gasteiger partial charge in [0.1, 0.15) is 6.54 Å². The summed E-state index contributed by atoms with van der Waals surface area (Å²) in [4.78, 5) is 39.3. The standard InChI is InChI=1S/C20H22N4O6S2/c1-20(16-6-3-11-31-16)18(26)24(19(27)22-20)13-17(25)21-14-4-2-5-15(12-14)32(28,29)23-7-9-30-10-8-23/h2-6,11-12H,7-10,13H2,1H3,(H,21,25)(H,22,27). The van der Waals surface area contributed by atoms with Crippen LogP contribution in [0, 0.1) is 0 Å². The fraction of sp³-hybridized carbons (Fsp3) is 0.350. The number of thiophene rings is 1. The van der Waals surface area contributed by atoms with Gasteiger partial charge in [0.2, 0.25) is 15.9 Å². The number of carbonyl (C=O) groups excluding carboxylic acids is 3. The molecular weight excluding hydrogens is 456 g/mol. The van der Waals surface area contributed by atoms with Gasteiger partial charge in [0, 0.05) is 23.7 Å². The third kappa shape index (κ3) is 4.13. The number of ether oxygens (including phenoxy) is 1. The maximum absolute atomic E-state index is 12.9. The first kappa shape index (κ1) is 22.4. The molecule has 2 fully saturated rings. The number of anilines is 1. The SMILES string of the molecule is CC1(c2cccs2)NC(=O)N(CC(=O)Nc2cccc(S(=O)(=O)N3CCOCC3)c2)C1=O. The highest BCUT2D eigenvalue weighted by atomic mass is 32.2. The molecule has 3 heterocycles. The van der Waals surface area contributed by atoms with Gasteiger partial charge in [0.05, 0.1) is 18.1 Å². The van der Waals surface area contributed by atoms with Crippen molar-refractivity contribution in [2.75, 3.05) is 38.2 Å². The second-order valence-electron chi connectivity index (χ2n) is 7.52. The molecule has 1 atom stereocenters. The molecule has 0 saturated carbocycles. The Hall–Kier alpha value is -2.80. The summed E-state index contributed by atoms with van der Waals surface area (Å²) in [5.41, 5.74) is -0.977. The topological polar surface area (TPSA) is 125 Å². The van der Waals surface area contributed by atoms with Gasteiger partial charge in [-0.25, -0.2) is 13.2 Å². The molecule has 2 aromatic rings. The molecule has 1 unspecified atom stereocenters. The molecule has 170 valence electrons. The van der Waals surface area contributed by atoms with Crippen molar-refractivity contribution in [2.24, 2.45) is 0 Å². The van der Waals surface area contributed by atoms with E-state index in [4.69, 9.17) is 4.74 Å². The highest BCUT2D eigenvalue weighted by Gasteiger charge is 2.50. The minimum absolute atomic E-state index is 0.0393. The molecule has 2 saturated heterocycles. The van der Waals surface area contributed by atoms with Crippen molar-refractivity contribution in [1.82, 2.24) is 14.5 Å². The summed E-state index contributed by atoms with van der Waals surface area (Å²) in [6, 6.07) is 8.71. The third-order valence-electron chi connectivity index (χ3n) is 5.32. The van der Waals surface area contributed by atoms with E-state index in [1.807, 2.05) is 0 Å². The zero-order valence-electron chi connectivity index (χ0n) is 17.2. The molecule has 4 rings (SSSR count). The van der Waals surface area contributed by atoms with E-state index in [9.17, 15) is 22.8 Å². The monoisotopic (exact) mass is 478 g/mol. The molecule has 32 heavy (non-hydrogen) atoms. The molecular formula is C20H22N4O6S2. The second-order valence-corrected chi connectivity index (χ2v) is 10.4. The molecule has 10 nitrogen and oxygen atoms in total. The van der Waals surface area contributed by atoms with Gasteiger partial charge in [-0.3, -0.25) is 14.5 Å². The number of amides is 4. The van der Waals surface area contributed by atoms with Gasteiger partial charge in [-0.05, 0) is 36.6 Å². The molecule has 12 heteroatoms. The van der Waals surface area contributed by atoms with Crippen molar-refractivity contribution in [3.05, 3.63) is 46.7 Å². The van der Waals surface area contributed by atoms with E-state index in [1.165, 1.54) is 39.9 Å². The zero-order chi connectivity index (χ0) is 22.9. The van der Waals surface area contributed by atoms with Gasteiger partial charge in [-0.15, -0.1) is 11.3 Å². The Balaban J connectivity index is 1.45. The number of nitrogens with one attached hydrogen (secondary N) is 2. The van der Waals surface area contributed by atoms with Crippen LogP contribution >= 0.6 is 11.3 Å². The first-order valence-electron chi connectivity index (χ1n) is 9.88. The average Bonchev–Trinajstić information content (AvgIpc) is 3.39. The number of hydrogen-bond acceptors (Lipinski definition) is 7. The fourth-order valence-corrected chi connectivity index (χ4v) is 5.87. The summed E-state index contributed by atoms with van der Waals surface area (Å²) in [6.07, 6.45) is 0. The molecule has 0 aliphatic carbocycles. The molecule has 2 aliphatic rings. The third-order valence-corrected chi connectivity index (χ3v) is 8.30. The Bertz CT molecular complexity index is 1140. The van der Waals surface area contributed by atoms with E-state index >= 15 is 0 Å². The van der Waals surface area contributed by atoms with Crippen LogP contribution < -0.4 is 10.6 Å². The van der Waals surface area contributed by atoms with Crippen LogP contribution in [0.5, 0.6) is 0 Å². The van der Waals surface area contributed by atoms with Crippen LogP contribution in [-0.4, -0.2) is 68.3 Å². The van der Waals surface area contributed by atoms with Crippen LogP contribution in [0.25, 0.3) is 0 Å². The number of urea groups is 1. The summed E-state index contributed by atoms with van der Waals surface area (Å²) in [7, 11) is -3.73. The lowest BCUT2D eigenvalue weighted by atomic mass is 10.0. The summed E-state index contributed by atoms with van der Waals surface area (Å²) in [6.45, 7) is 2.27. The van der Waals surface area contributed by atoms with Crippen molar-refractivity contribution in [3.8, 4) is 0 Å². The van der Waals surface area contributed by atoms with Crippen LogP contribution in [0.1, 0.15) is 11.8 Å². The molecule has 0 spiro atoms. The van der Waals surface area contributed by atoms with E-state index in [0.717, 1.165) is 4.90 Å². The van der Waals surface area contributed by atoms with Crippen molar-refractivity contribution >= 4 is 44.9 Å². The molecule has 1 aromatic heterocycles. The van der Waals surface area contributed by atoms with Gasteiger partial charge in [-0.2, -0.15) is 4.31 Å². The Kier molecular flexibility index (Phi) is 6.03. The summed E-state index contributed by atoms with van der Waals surface area (Å²) >= 11 is 1.33. The van der Waals surface area contributed by atoms with E-state index in [2.05, 4.69) is 10.6 Å². The number of hydrogen-bond donors (Lipinski definition) is 2. The number of nitrogens with zero attached hydrogens (tertiary/aromatic N) is 2. The van der Waals surface area contributed by atoms with Gasteiger partial charge in [0.15, 0.2) is 5.54 Å². The lowest BCUT2D eigenvalue weighted by Gasteiger charge is -2.26. The quantitative estimate of drug-likeness (QED) is 0.601. The lowest BCUT2D eigenvalue weighted by molar-refractivity contribution is -0.133. The summed E-state index contributed by atoms with van der Waals surface area (Å²) < 4.78 is 32.2. The van der Waals surface area contributed by atoms with Crippen molar-refractivity contribution < 1.29 is 27.5 Å². The Morgan fingerprint density at radius 3 is 2.66 bits per heavy atom. The minimum Gasteiger partial charge on any atom is -0.379 e. The van der Waals surface area contributed by atoms with Crippen LogP contribution in [0.15, 0.2) is 46.7 Å². The smallest absolute Gasteiger partial charge is 0.325 e. The van der Waals surface area contributed by atoms with Crippen LogP contribution in [0.4, 0.5) is 10.5 Å². The van der Waals surface area contributed by atoms with Crippen molar-refractivity contribution in [1.29, 1.82) is 0 Å². The van der Waals surface area contributed by atoms with E-state index in [0.29, 0.717) is 18.1 Å². The van der Waals surface area contributed by atoms with Crippen LogP contribution in [0.3, 0.4) is 0 Å². The number of imide groups is 1. The predicted octanol–water partition coefficient (Wildman–Crippen LogP) is 1.17. The normalized spacial score (nSPS) is 22.1. The lowest BCUT2D eigenvalue weighted by Crippen LogP contribution is -2.41. The van der Waals surface area contributed by atoms with Crippen LogP contribution in [0.2, 0.25) is 0 Å². The predicted molar refractivity (Wildman–Crippen MR) is 117 cm³/mol. The maximum atomic E-state index is 12.9. The Morgan fingerprint density at radius 1 is 1.22 bits per heavy atom. The van der Waals surface area contributed by atoms with E-state index in [-0.39, 0.29) is 23.7 Å². The van der Waals surface area contributed by atoms with Gasteiger partial charge in [-0.1, -0.05) is 12.1 Å². The number of carbonyl (C=O) groups is 3. The maximum Gasteiger partial charge on any atom is 0.325 e. The second kappa shape index (κ2) is 8.62. The van der Waals surface area contributed by atoms with Crippen LogP contribution in [-0.2, 0) is 29.9 Å². The highest BCUT2D eigenvalue weighted by Crippen LogP contribution is 2.31.